The molecular weight excluding hydrogens is 246 g/mol. The number of phenols is 1. The third kappa shape index (κ3) is 2.06. The summed E-state index contributed by atoms with van der Waals surface area (Å²) in [5.41, 5.74) is 2.51. The number of rotatable bonds is 2. The van der Waals surface area contributed by atoms with E-state index in [1.807, 2.05) is 19.1 Å². The van der Waals surface area contributed by atoms with Gasteiger partial charge in [-0.3, -0.25) is 4.99 Å². The summed E-state index contributed by atoms with van der Waals surface area (Å²) in [4.78, 5) is 5.07. The van der Waals surface area contributed by atoms with E-state index in [4.69, 9.17) is 4.99 Å². The molecule has 1 aromatic carbocycles. The molecule has 106 valence electrons. The second kappa shape index (κ2) is 4.34. The molecule has 0 unspecified atom stereocenters. The molecule has 0 amide bonds. The van der Waals surface area contributed by atoms with Crippen LogP contribution in [0.15, 0.2) is 23.2 Å². The molecule has 0 spiro atoms. The first-order chi connectivity index (χ1) is 9.62. The van der Waals surface area contributed by atoms with Gasteiger partial charge in [-0.1, -0.05) is 0 Å². The Morgan fingerprint density at radius 3 is 2.25 bits per heavy atom. The maximum absolute atomic E-state index is 9.49. The number of phenolic OH excluding ortho intramolecular Hbond substituents is 1. The van der Waals surface area contributed by atoms with Crippen LogP contribution in [0.25, 0.3) is 0 Å². The van der Waals surface area contributed by atoms with Gasteiger partial charge in [0.25, 0.3) is 0 Å². The van der Waals surface area contributed by atoms with Crippen molar-refractivity contribution in [2.45, 2.75) is 51.0 Å². The van der Waals surface area contributed by atoms with Crippen molar-refractivity contribution in [2.24, 2.45) is 22.7 Å². The Kier molecular flexibility index (Phi) is 2.70. The lowest BCUT2D eigenvalue weighted by Gasteiger charge is -2.55. The fourth-order valence-electron chi connectivity index (χ4n) is 5.23. The van der Waals surface area contributed by atoms with Crippen LogP contribution in [-0.2, 0) is 0 Å². The Balaban J connectivity index is 1.60. The fourth-order valence-corrected chi connectivity index (χ4v) is 5.23. The van der Waals surface area contributed by atoms with E-state index in [0.29, 0.717) is 5.75 Å². The molecule has 20 heavy (non-hydrogen) atoms. The topological polar surface area (TPSA) is 32.6 Å². The normalized spacial score (nSPS) is 38.8. The van der Waals surface area contributed by atoms with Crippen LogP contribution < -0.4 is 0 Å². The summed E-state index contributed by atoms with van der Waals surface area (Å²) < 4.78 is 0. The maximum atomic E-state index is 9.49. The van der Waals surface area contributed by atoms with Crippen molar-refractivity contribution in [2.75, 3.05) is 0 Å². The molecule has 4 aliphatic rings. The number of nitrogens with zero attached hydrogens (tertiary/aromatic N) is 1. The van der Waals surface area contributed by atoms with E-state index in [0.717, 1.165) is 28.9 Å². The summed E-state index contributed by atoms with van der Waals surface area (Å²) in [7, 11) is 0. The molecule has 0 aromatic heterocycles. The highest BCUT2D eigenvalue weighted by Crippen LogP contribution is 2.57. The van der Waals surface area contributed by atoms with Gasteiger partial charge in [0.1, 0.15) is 5.75 Å². The first-order valence-corrected chi connectivity index (χ1v) is 7.97. The van der Waals surface area contributed by atoms with Crippen LogP contribution in [0.3, 0.4) is 0 Å². The molecule has 4 bridgehead atoms. The van der Waals surface area contributed by atoms with Gasteiger partial charge in [-0.15, -0.1) is 0 Å². The fraction of sp³-hybridized carbons (Fsp3) is 0.611. The Morgan fingerprint density at radius 1 is 1.10 bits per heavy atom. The Labute approximate surface area is 120 Å². The lowest BCUT2D eigenvalue weighted by Crippen LogP contribution is -2.49. The first kappa shape index (κ1) is 12.4. The zero-order chi connectivity index (χ0) is 13.7. The van der Waals surface area contributed by atoms with Crippen molar-refractivity contribution in [1.29, 1.82) is 0 Å². The lowest BCUT2D eigenvalue weighted by atomic mass is 9.53. The summed E-state index contributed by atoms with van der Waals surface area (Å²) in [5.74, 6) is 3.17. The van der Waals surface area contributed by atoms with Crippen LogP contribution in [0, 0.1) is 24.7 Å². The number of hydrogen-bond acceptors (Lipinski definition) is 2. The second-order valence-electron chi connectivity index (χ2n) is 7.44. The van der Waals surface area contributed by atoms with Crippen molar-refractivity contribution in [3.8, 4) is 5.75 Å². The van der Waals surface area contributed by atoms with E-state index in [9.17, 15) is 5.11 Å². The molecule has 4 saturated carbocycles. The number of benzene rings is 1. The zero-order valence-electron chi connectivity index (χ0n) is 12.2. The SMILES string of the molecule is Cc1cc(O)ccc1/C=N/C12CC3CC(CC(C3)C1)C2. The van der Waals surface area contributed by atoms with E-state index in [1.54, 1.807) is 6.07 Å². The van der Waals surface area contributed by atoms with Crippen LogP contribution in [-0.4, -0.2) is 16.9 Å². The number of aryl methyl sites for hydroxylation is 1. The average molecular weight is 269 g/mol. The molecule has 5 rings (SSSR count). The largest absolute Gasteiger partial charge is 0.508 e. The number of hydrogen-bond donors (Lipinski definition) is 1. The average Bonchev–Trinajstić information content (AvgIpc) is 2.36. The predicted molar refractivity (Wildman–Crippen MR) is 81.3 cm³/mol. The van der Waals surface area contributed by atoms with E-state index in [2.05, 4.69) is 6.21 Å². The standard InChI is InChI=1S/C18H23NO/c1-12-4-17(20)3-2-16(12)11-19-18-8-13-5-14(9-18)7-15(6-13)10-18/h2-4,11,13-15,20H,5-10H2,1H3/b19-11+. The van der Waals surface area contributed by atoms with Gasteiger partial charge in [0.2, 0.25) is 0 Å². The smallest absolute Gasteiger partial charge is 0.115 e. The molecule has 1 N–H and O–H groups in total. The third-order valence-electron chi connectivity index (χ3n) is 5.74. The van der Waals surface area contributed by atoms with Gasteiger partial charge in [-0.25, -0.2) is 0 Å². The van der Waals surface area contributed by atoms with Gasteiger partial charge >= 0.3 is 0 Å². The number of aromatic hydroxyl groups is 1. The highest BCUT2D eigenvalue weighted by Gasteiger charge is 2.50. The minimum absolute atomic E-state index is 0.249. The molecule has 0 saturated heterocycles. The Hall–Kier alpha value is -1.31. The van der Waals surface area contributed by atoms with Gasteiger partial charge in [-0.2, -0.15) is 0 Å². The van der Waals surface area contributed by atoms with Crippen molar-refractivity contribution in [3.05, 3.63) is 29.3 Å². The van der Waals surface area contributed by atoms with Crippen LogP contribution in [0.2, 0.25) is 0 Å². The zero-order valence-corrected chi connectivity index (χ0v) is 12.2. The highest BCUT2D eigenvalue weighted by atomic mass is 16.3. The molecule has 4 aliphatic carbocycles. The van der Waals surface area contributed by atoms with Gasteiger partial charge in [0, 0.05) is 6.21 Å². The molecule has 2 heteroatoms. The summed E-state index contributed by atoms with van der Waals surface area (Å²) in [6.07, 6.45) is 10.4. The third-order valence-corrected chi connectivity index (χ3v) is 5.74. The number of aliphatic imine (C=N–C) groups is 1. The Bertz CT molecular complexity index is 525. The molecule has 0 radical (unpaired) electrons. The van der Waals surface area contributed by atoms with E-state index in [-0.39, 0.29) is 5.54 Å². The molecule has 1 aromatic rings. The van der Waals surface area contributed by atoms with Gasteiger partial charge in [0.05, 0.1) is 5.54 Å². The van der Waals surface area contributed by atoms with Crippen molar-refractivity contribution < 1.29 is 5.11 Å². The summed E-state index contributed by atoms with van der Waals surface area (Å²) in [6.45, 7) is 2.04. The Morgan fingerprint density at radius 2 is 1.70 bits per heavy atom. The summed E-state index contributed by atoms with van der Waals surface area (Å²) >= 11 is 0. The molecule has 4 fully saturated rings. The van der Waals surface area contributed by atoms with Crippen LogP contribution in [0.1, 0.15) is 49.7 Å². The van der Waals surface area contributed by atoms with Gasteiger partial charge < -0.3 is 5.11 Å². The summed E-state index contributed by atoms with van der Waals surface area (Å²) in [6, 6.07) is 5.56. The first-order valence-electron chi connectivity index (χ1n) is 7.97. The lowest BCUT2D eigenvalue weighted by molar-refractivity contribution is 0.00195. The predicted octanol–water partition coefficient (Wildman–Crippen LogP) is 4.09. The maximum Gasteiger partial charge on any atom is 0.115 e. The van der Waals surface area contributed by atoms with Crippen LogP contribution in [0.4, 0.5) is 0 Å². The van der Waals surface area contributed by atoms with Gasteiger partial charge in [0.15, 0.2) is 0 Å². The minimum atomic E-state index is 0.249. The summed E-state index contributed by atoms with van der Waals surface area (Å²) in [5, 5.41) is 9.49. The minimum Gasteiger partial charge on any atom is -0.508 e. The van der Waals surface area contributed by atoms with E-state index >= 15 is 0 Å². The quantitative estimate of drug-likeness (QED) is 0.806. The highest BCUT2D eigenvalue weighted by molar-refractivity contribution is 5.82. The van der Waals surface area contributed by atoms with Crippen molar-refractivity contribution in [3.63, 3.8) is 0 Å². The molecule has 0 atom stereocenters. The van der Waals surface area contributed by atoms with Gasteiger partial charge in [-0.05, 0) is 92.5 Å². The van der Waals surface area contributed by atoms with E-state index in [1.165, 1.54) is 38.5 Å². The van der Waals surface area contributed by atoms with E-state index < -0.39 is 0 Å². The van der Waals surface area contributed by atoms with Crippen LogP contribution >= 0.6 is 0 Å². The molecule has 0 heterocycles. The second-order valence-corrected chi connectivity index (χ2v) is 7.44. The van der Waals surface area contributed by atoms with Crippen LogP contribution in [0.5, 0.6) is 5.75 Å². The monoisotopic (exact) mass is 269 g/mol. The molecular formula is C18H23NO. The molecule has 0 aliphatic heterocycles. The van der Waals surface area contributed by atoms with Crippen molar-refractivity contribution in [1.82, 2.24) is 0 Å². The molecule has 2 nitrogen and oxygen atoms in total. The van der Waals surface area contributed by atoms with Crippen molar-refractivity contribution >= 4 is 6.21 Å².